The highest BCUT2D eigenvalue weighted by molar-refractivity contribution is 7.18. The lowest BCUT2D eigenvalue weighted by Gasteiger charge is -2.31. The Morgan fingerprint density at radius 3 is 2.66 bits per heavy atom. The van der Waals surface area contributed by atoms with Crippen molar-refractivity contribution in [1.29, 1.82) is 0 Å². The number of halogens is 2. The van der Waals surface area contributed by atoms with Crippen LogP contribution in [-0.2, 0) is 11.2 Å². The number of carbonyl (C=O) groups is 2. The number of thiophene rings is 1. The molecule has 168 valence electrons. The summed E-state index contributed by atoms with van der Waals surface area (Å²) in [4.78, 5) is 48.2. The molecule has 1 saturated heterocycles. The molecule has 0 saturated carbocycles. The molecule has 1 N–H and O–H groups in total. The number of aromatic amines is 1. The average molecular weight is 460 g/mol. The number of carbonyl (C=O) groups excluding carboxylic acids is 2. The molecule has 0 atom stereocenters. The van der Waals surface area contributed by atoms with Crippen LogP contribution in [0.2, 0.25) is 0 Å². The van der Waals surface area contributed by atoms with Gasteiger partial charge in [0.25, 0.3) is 5.56 Å². The summed E-state index contributed by atoms with van der Waals surface area (Å²) in [5.74, 6) is -1.87. The van der Waals surface area contributed by atoms with E-state index in [0.29, 0.717) is 48.4 Å². The molecule has 1 amide bonds. The third kappa shape index (κ3) is 4.34. The lowest BCUT2D eigenvalue weighted by Crippen LogP contribution is -2.40. The molecule has 32 heavy (non-hydrogen) atoms. The standard InChI is InChI=1S/C23H23F2N3O3S/c1-12-13(2)32-23-20(12)22(31)26-18(27-23)5-6-19(29)28-9-7-14(8-10-28)21(30)16-11-15(24)3-4-17(16)25/h3-4,11,14H,5-10H2,1-2H3,(H,26,27,31). The first kappa shape index (κ1) is 22.3. The van der Waals surface area contributed by atoms with Gasteiger partial charge in [-0.1, -0.05) is 0 Å². The molecule has 6 nitrogen and oxygen atoms in total. The van der Waals surface area contributed by atoms with Crippen LogP contribution >= 0.6 is 11.3 Å². The summed E-state index contributed by atoms with van der Waals surface area (Å²) in [6.07, 6.45) is 1.30. The van der Waals surface area contributed by atoms with E-state index in [9.17, 15) is 23.2 Å². The smallest absolute Gasteiger partial charge is 0.259 e. The van der Waals surface area contributed by atoms with Crippen molar-refractivity contribution in [3.05, 3.63) is 62.0 Å². The van der Waals surface area contributed by atoms with E-state index in [1.54, 1.807) is 4.90 Å². The summed E-state index contributed by atoms with van der Waals surface area (Å²) in [7, 11) is 0. The Labute approximate surface area is 187 Å². The van der Waals surface area contributed by atoms with Gasteiger partial charge in [-0.05, 0) is 50.5 Å². The van der Waals surface area contributed by atoms with Crippen molar-refractivity contribution < 1.29 is 18.4 Å². The third-order valence-electron chi connectivity index (χ3n) is 6.08. The van der Waals surface area contributed by atoms with Gasteiger partial charge in [0.05, 0.1) is 10.9 Å². The van der Waals surface area contributed by atoms with Crippen LogP contribution in [-0.4, -0.2) is 39.6 Å². The van der Waals surface area contributed by atoms with E-state index in [4.69, 9.17) is 0 Å². The van der Waals surface area contributed by atoms with Gasteiger partial charge in [0, 0.05) is 36.7 Å². The zero-order chi connectivity index (χ0) is 23.0. The number of nitrogens with zero attached hydrogens (tertiary/aromatic N) is 2. The molecule has 0 unspecified atom stereocenters. The number of likely N-dealkylation sites (tertiary alicyclic amines) is 1. The Hall–Kier alpha value is -2.94. The minimum absolute atomic E-state index is 0.0888. The summed E-state index contributed by atoms with van der Waals surface area (Å²) < 4.78 is 27.3. The molecule has 9 heteroatoms. The van der Waals surface area contributed by atoms with Gasteiger partial charge in [0.1, 0.15) is 22.3 Å². The Morgan fingerprint density at radius 2 is 1.94 bits per heavy atom. The van der Waals surface area contributed by atoms with Gasteiger partial charge < -0.3 is 9.88 Å². The van der Waals surface area contributed by atoms with Crippen LogP contribution in [0, 0.1) is 31.4 Å². The number of hydrogen-bond acceptors (Lipinski definition) is 5. The number of H-pyrrole nitrogens is 1. The molecule has 1 fully saturated rings. The normalized spacial score (nSPS) is 14.8. The largest absolute Gasteiger partial charge is 0.343 e. The van der Waals surface area contributed by atoms with Gasteiger partial charge in [-0.2, -0.15) is 0 Å². The number of ketones is 1. The van der Waals surface area contributed by atoms with Crippen LogP contribution in [0.1, 0.15) is 45.9 Å². The molecule has 3 heterocycles. The number of fused-ring (bicyclic) bond motifs is 1. The minimum atomic E-state index is -0.732. The van der Waals surface area contributed by atoms with Crippen molar-refractivity contribution in [1.82, 2.24) is 14.9 Å². The van der Waals surface area contributed by atoms with Crippen molar-refractivity contribution in [2.24, 2.45) is 5.92 Å². The first-order valence-electron chi connectivity index (χ1n) is 10.5. The number of Topliss-reactive ketones (excluding diaryl/α,β-unsaturated/α-hetero) is 1. The van der Waals surface area contributed by atoms with Crippen LogP contribution in [0.5, 0.6) is 0 Å². The SMILES string of the molecule is Cc1sc2nc(CCC(=O)N3CCC(C(=O)c4cc(F)ccc4F)CC3)[nH]c(=O)c2c1C. The van der Waals surface area contributed by atoms with E-state index in [1.807, 2.05) is 13.8 Å². The molecular weight excluding hydrogens is 436 g/mol. The van der Waals surface area contributed by atoms with Crippen molar-refractivity contribution >= 4 is 33.2 Å². The molecule has 1 aliphatic rings. The fraction of sp³-hybridized carbons (Fsp3) is 0.391. The second kappa shape index (κ2) is 8.90. The quantitative estimate of drug-likeness (QED) is 0.586. The van der Waals surface area contributed by atoms with Crippen LogP contribution < -0.4 is 5.56 Å². The predicted molar refractivity (Wildman–Crippen MR) is 118 cm³/mol. The van der Waals surface area contributed by atoms with Gasteiger partial charge >= 0.3 is 0 Å². The van der Waals surface area contributed by atoms with Crippen molar-refractivity contribution in [3.63, 3.8) is 0 Å². The third-order valence-corrected chi connectivity index (χ3v) is 7.18. The number of rotatable bonds is 5. The van der Waals surface area contributed by atoms with Crippen molar-refractivity contribution in [2.75, 3.05) is 13.1 Å². The van der Waals surface area contributed by atoms with Crippen LogP contribution in [0.25, 0.3) is 10.2 Å². The van der Waals surface area contributed by atoms with E-state index < -0.39 is 23.3 Å². The second-order valence-electron chi connectivity index (χ2n) is 8.12. The van der Waals surface area contributed by atoms with Gasteiger partial charge in [-0.3, -0.25) is 14.4 Å². The fourth-order valence-electron chi connectivity index (χ4n) is 4.10. The van der Waals surface area contributed by atoms with Gasteiger partial charge in [-0.15, -0.1) is 11.3 Å². The van der Waals surface area contributed by atoms with E-state index in [1.165, 1.54) is 11.3 Å². The van der Waals surface area contributed by atoms with Crippen LogP contribution in [0.15, 0.2) is 23.0 Å². The number of benzene rings is 1. The van der Waals surface area contributed by atoms with E-state index in [-0.39, 0.29) is 23.5 Å². The average Bonchev–Trinajstić information content (AvgIpc) is 3.07. The lowest BCUT2D eigenvalue weighted by molar-refractivity contribution is -0.132. The number of piperidine rings is 1. The number of aryl methyl sites for hydroxylation is 3. The Balaban J connectivity index is 1.35. The van der Waals surface area contributed by atoms with E-state index in [0.717, 1.165) is 28.6 Å². The highest BCUT2D eigenvalue weighted by atomic mass is 32.1. The number of aromatic nitrogens is 2. The fourth-order valence-corrected chi connectivity index (χ4v) is 5.15. The summed E-state index contributed by atoms with van der Waals surface area (Å²) in [5, 5.41) is 0.601. The summed E-state index contributed by atoms with van der Waals surface area (Å²) >= 11 is 1.46. The van der Waals surface area contributed by atoms with Crippen LogP contribution in [0.3, 0.4) is 0 Å². The maximum absolute atomic E-state index is 13.9. The maximum Gasteiger partial charge on any atom is 0.259 e. The topological polar surface area (TPSA) is 83.1 Å². The monoisotopic (exact) mass is 459 g/mol. The molecule has 0 bridgehead atoms. The first-order valence-corrected chi connectivity index (χ1v) is 11.3. The molecule has 3 aromatic rings. The molecular formula is C23H23F2N3O3S. The van der Waals surface area contributed by atoms with Crippen molar-refractivity contribution in [2.45, 2.75) is 39.5 Å². The van der Waals surface area contributed by atoms with Gasteiger partial charge in [0.15, 0.2) is 5.78 Å². The van der Waals surface area contributed by atoms with Gasteiger partial charge in [-0.25, -0.2) is 13.8 Å². The molecule has 0 spiro atoms. The second-order valence-corrected chi connectivity index (χ2v) is 9.32. The zero-order valence-corrected chi connectivity index (χ0v) is 18.7. The Bertz CT molecular complexity index is 1260. The summed E-state index contributed by atoms with van der Waals surface area (Å²) in [6.45, 7) is 4.59. The minimum Gasteiger partial charge on any atom is -0.343 e. The lowest BCUT2D eigenvalue weighted by atomic mass is 9.88. The first-order chi connectivity index (χ1) is 15.2. The molecule has 4 rings (SSSR count). The molecule has 0 aliphatic carbocycles. The van der Waals surface area contributed by atoms with E-state index in [2.05, 4.69) is 9.97 Å². The summed E-state index contributed by atoms with van der Waals surface area (Å²) in [5.41, 5.74) is 0.499. The molecule has 2 aromatic heterocycles. The molecule has 0 radical (unpaired) electrons. The number of hydrogen-bond donors (Lipinski definition) is 1. The Morgan fingerprint density at radius 1 is 1.22 bits per heavy atom. The number of amides is 1. The van der Waals surface area contributed by atoms with E-state index >= 15 is 0 Å². The zero-order valence-electron chi connectivity index (χ0n) is 17.8. The molecule has 1 aromatic carbocycles. The highest BCUT2D eigenvalue weighted by Crippen LogP contribution is 2.26. The Kier molecular flexibility index (Phi) is 6.19. The summed E-state index contributed by atoms with van der Waals surface area (Å²) in [6, 6.07) is 2.86. The molecule has 1 aliphatic heterocycles. The number of nitrogens with one attached hydrogen (secondary N) is 1. The predicted octanol–water partition coefficient (Wildman–Crippen LogP) is 3.93. The van der Waals surface area contributed by atoms with Crippen LogP contribution in [0.4, 0.5) is 8.78 Å². The van der Waals surface area contributed by atoms with Crippen molar-refractivity contribution in [3.8, 4) is 0 Å². The highest BCUT2D eigenvalue weighted by Gasteiger charge is 2.29. The van der Waals surface area contributed by atoms with Gasteiger partial charge in [0.2, 0.25) is 5.91 Å². The maximum atomic E-state index is 13.9.